The Morgan fingerprint density at radius 1 is 0.638 bits per heavy atom. The molecule has 58 heavy (non-hydrogen) atoms. The number of nitro benzene ring substituents is 2. The van der Waals surface area contributed by atoms with Crippen LogP contribution in [0.2, 0.25) is 0 Å². The van der Waals surface area contributed by atoms with Crippen molar-refractivity contribution in [3.63, 3.8) is 0 Å². The molecule has 6 aromatic carbocycles. The minimum Gasteiger partial charge on any atom is -0.871 e. The standard InChI is InChI=1S/C20H13N3O7S.C16H13N5O4.Cr.Na/c24-16-8-5-11-3-1-2-4-13(11)19(16)21-22-20-14-7-6-12(23(26)27)9-15(14)18(10-17(20)25)31(28,29)30;1-10-15(16(23)20(19-10)11-5-3-2-4-6-11)18-17-13-9-12(21(24)25)7-8-14(13)22;;/h1-10,24-25H,(H,28,29,30);2-9,19,22H,1H3;;/q;;+3;+1/p-4. The summed E-state index contributed by atoms with van der Waals surface area (Å²) in [5, 5.41) is 77.3. The number of non-ortho nitro benzene ring substituents is 2. The van der Waals surface area contributed by atoms with Gasteiger partial charge in [0.05, 0.1) is 43.2 Å². The minimum absolute atomic E-state index is 0. The number of benzene rings is 6. The molecule has 1 N–H and O–H groups in total. The number of para-hydroxylation sites is 1. The van der Waals surface area contributed by atoms with Crippen LogP contribution in [0.25, 0.3) is 27.2 Å². The van der Waals surface area contributed by atoms with Gasteiger partial charge in [0, 0.05) is 40.4 Å². The van der Waals surface area contributed by atoms with Gasteiger partial charge in [-0.15, -0.1) is 5.11 Å². The molecule has 0 amide bonds. The van der Waals surface area contributed by atoms with Crippen molar-refractivity contribution in [1.82, 2.24) is 9.78 Å². The van der Waals surface area contributed by atoms with E-state index < -0.39 is 53.4 Å². The molecule has 7 aromatic rings. The summed E-state index contributed by atoms with van der Waals surface area (Å²) >= 11 is 0. The first-order chi connectivity index (χ1) is 26.6. The van der Waals surface area contributed by atoms with Crippen LogP contribution in [0.5, 0.6) is 17.2 Å². The number of fused-ring (bicyclic) bond motifs is 2. The number of nitrogens with one attached hydrogen (secondary N) is 1. The Balaban J connectivity index is 0.000000253. The van der Waals surface area contributed by atoms with E-state index in [1.165, 1.54) is 10.7 Å². The number of nitrogens with zero attached hydrogens (tertiary/aromatic N) is 7. The molecule has 0 saturated heterocycles. The Labute approximate surface area is 359 Å². The van der Waals surface area contributed by atoms with Crippen molar-refractivity contribution in [2.45, 2.75) is 11.8 Å². The summed E-state index contributed by atoms with van der Waals surface area (Å²) in [6.07, 6.45) is 0. The normalized spacial score (nSPS) is 11.2. The van der Waals surface area contributed by atoms with E-state index in [0.29, 0.717) is 28.2 Å². The number of hydrogen-bond acceptors (Lipinski definition) is 15. The van der Waals surface area contributed by atoms with Crippen molar-refractivity contribution >= 4 is 65.8 Å². The first-order valence-corrected chi connectivity index (χ1v) is 17.3. The second-order valence-corrected chi connectivity index (χ2v) is 13.0. The Morgan fingerprint density at radius 3 is 1.86 bits per heavy atom. The average Bonchev–Trinajstić information content (AvgIpc) is 3.46. The second-order valence-electron chi connectivity index (χ2n) is 11.7. The number of nitro groups is 2. The molecule has 0 spiro atoms. The van der Waals surface area contributed by atoms with Gasteiger partial charge in [-0.05, 0) is 36.6 Å². The summed E-state index contributed by atoms with van der Waals surface area (Å²) in [7, 11) is -5.11. The van der Waals surface area contributed by atoms with Crippen molar-refractivity contribution in [3.05, 3.63) is 145 Å². The van der Waals surface area contributed by atoms with E-state index in [2.05, 4.69) is 25.6 Å². The summed E-state index contributed by atoms with van der Waals surface area (Å²) in [6.45, 7) is 1.64. The van der Waals surface area contributed by atoms with Gasteiger partial charge in [0.1, 0.15) is 10.1 Å². The average molecular weight is 850 g/mol. The van der Waals surface area contributed by atoms with Crippen LogP contribution in [0.4, 0.5) is 34.1 Å². The molecule has 1 aromatic heterocycles. The van der Waals surface area contributed by atoms with Gasteiger partial charge >= 0.3 is 46.9 Å². The smallest absolute Gasteiger partial charge is 0.871 e. The van der Waals surface area contributed by atoms with Crippen molar-refractivity contribution in [2.24, 2.45) is 20.5 Å². The molecule has 1 radical (unpaired) electrons. The van der Waals surface area contributed by atoms with E-state index in [1.54, 1.807) is 61.5 Å². The Hall–Kier alpha value is -6.31. The van der Waals surface area contributed by atoms with E-state index in [4.69, 9.17) is 0 Å². The third-order valence-electron chi connectivity index (χ3n) is 8.08. The van der Waals surface area contributed by atoms with Crippen LogP contribution in [0, 0.1) is 27.2 Å². The molecule has 0 atom stereocenters. The zero-order valence-electron chi connectivity index (χ0n) is 29.8. The predicted molar refractivity (Wildman–Crippen MR) is 193 cm³/mol. The van der Waals surface area contributed by atoms with Gasteiger partial charge in [-0.1, -0.05) is 77.9 Å². The number of rotatable bonds is 8. The van der Waals surface area contributed by atoms with Crippen LogP contribution in [-0.4, -0.2) is 32.6 Å². The molecule has 19 nitrogen and oxygen atoms in total. The SMILES string of the molecule is Cc1[nH]n(-c2ccccc2)c(=O)c1N=Nc1cc([N+](=O)[O-])ccc1[O-].O=[N+]([O-])c1ccc2c(N=Nc3c([O-])ccc4ccccc34)c([O-])cc(S(=O)(=O)[O-])c2c1.[Cr+3].[Na+]. The number of hydrogen-bond donors (Lipinski definition) is 1. The summed E-state index contributed by atoms with van der Waals surface area (Å²) in [4.78, 5) is 32.0. The van der Waals surface area contributed by atoms with Crippen LogP contribution in [0.1, 0.15) is 5.69 Å². The van der Waals surface area contributed by atoms with Gasteiger partial charge in [0.25, 0.3) is 16.9 Å². The largest absolute Gasteiger partial charge is 3.00 e. The molecular weight excluding hydrogens is 827 g/mol. The number of azo groups is 2. The first-order valence-electron chi connectivity index (χ1n) is 15.9. The van der Waals surface area contributed by atoms with Gasteiger partial charge in [0.15, 0.2) is 5.69 Å². The van der Waals surface area contributed by atoms with Crippen molar-refractivity contribution in [3.8, 4) is 22.9 Å². The maximum atomic E-state index is 12.5. The fraction of sp³-hybridized carbons (Fsp3) is 0.0278. The van der Waals surface area contributed by atoms with Gasteiger partial charge in [-0.2, -0.15) is 15.3 Å². The zero-order valence-corrected chi connectivity index (χ0v) is 33.9. The first kappa shape index (κ1) is 44.4. The van der Waals surface area contributed by atoms with E-state index in [-0.39, 0.29) is 86.1 Å². The molecule has 7 rings (SSSR count). The van der Waals surface area contributed by atoms with E-state index in [1.807, 2.05) is 6.07 Å². The summed E-state index contributed by atoms with van der Waals surface area (Å²) < 4.78 is 36.1. The number of H-pyrrole nitrogens is 1. The second kappa shape index (κ2) is 18.3. The van der Waals surface area contributed by atoms with E-state index in [9.17, 15) is 53.3 Å². The summed E-state index contributed by atoms with van der Waals surface area (Å²) in [5.74, 6) is -1.91. The van der Waals surface area contributed by atoms with Crippen LogP contribution >= 0.6 is 0 Å². The molecule has 0 fully saturated rings. The fourth-order valence-corrected chi connectivity index (χ4v) is 6.11. The fourth-order valence-electron chi connectivity index (χ4n) is 5.42. The van der Waals surface area contributed by atoms with Crippen LogP contribution in [-0.2, 0) is 27.5 Å². The van der Waals surface area contributed by atoms with Crippen LogP contribution in [0.3, 0.4) is 0 Å². The molecule has 1 heterocycles. The Kier molecular flexibility index (Phi) is 14.0. The molecule has 285 valence electrons. The van der Waals surface area contributed by atoms with Gasteiger partial charge < -0.3 is 19.9 Å². The summed E-state index contributed by atoms with van der Waals surface area (Å²) in [6, 6.07) is 25.4. The number of aromatic amines is 1. The molecule has 0 aliphatic rings. The third kappa shape index (κ3) is 9.44. The predicted octanol–water partition coefficient (Wildman–Crippen LogP) is 3.24. The molecule has 0 unspecified atom stereocenters. The molecule has 0 aliphatic carbocycles. The van der Waals surface area contributed by atoms with Crippen LogP contribution < -0.4 is 50.4 Å². The number of aromatic nitrogens is 2. The Morgan fingerprint density at radius 2 is 1.21 bits per heavy atom. The van der Waals surface area contributed by atoms with Crippen molar-refractivity contribution in [1.29, 1.82) is 0 Å². The monoisotopic (exact) mass is 849 g/mol. The topological polar surface area (TPSA) is 300 Å². The molecule has 0 bridgehead atoms. The van der Waals surface area contributed by atoms with Crippen LogP contribution in [0.15, 0.2) is 139 Å². The van der Waals surface area contributed by atoms with Gasteiger partial charge in [-0.25, -0.2) is 13.1 Å². The van der Waals surface area contributed by atoms with E-state index in [0.717, 1.165) is 36.4 Å². The number of aryl methyl sites for hydroxylation is 1. The quantitative estimate of drug-likeness (QED) is 0.0761. The van der Waals surface area contributed by atoms with Crippen molar-refractivity contribution in [2.75, 3.05) is 0 Å². The maximum Gasteiger partial charge on any atom is 3.00 e. The van der Waals surface area contributed by atoms with E-state index >= 15 is 0 Å². The van der Waals surface area contributed by atoms with Gasteiger partial charge in [0.2, 0.25) is 0 Å². The third-order valence-corrected chi connectivity index (χ3v) is 8.96. The molecule has 0 saturated carbocycles. The zero-order chi connectivity index (χ0) is 40.3. The van der Waals surface area contributed by atoms with Gasteiger partial charge in [-0.3, -0.25) is 30.1 Å². The summed E-state index contributed by atoms with van der Waals surface area (Å²) in [5.41, 5.74) is -0.693. The molecule has 0 aliphatic heterocycles. The molecular formula is C36H22CrN8NaO11S. The molecule has 22 heteroatoms. The Bertz CT molecular complexity index is 2940. The maximum absolute atomic E-state index is 12.5. The van der Waals surface area contributed by atoms with Crippen molar-refractivity contribution < 1.29 is 85.1 Å². The minimum atomic E-state index is -5.11.